The molecule has 1 saturated heterocycles. The van der Waals surface area contributed by atoms with Crippen LogP contribution in [0.15, 0.2) is 0 Å². The Balaban J connectivity index is 2.87. The Kier molecular flexibility index (Phi) is 4.24. The summed E-state index contributed by atoms with van der Waals surface area (Å²) in [6, 6.07) is -0.0882. The lowest BCUT2D eigenvalue weighted by Crippen LogP contribution is -2.56. The summed E-state index contributed by atoms with van der Waals surface area (Å²) in [7, 11) is 1.74. The van der Waals surface area contributed by atoms with E-state index in [0.717, 1.165) is 6.42 Å². The zero-order valence-corrected chi connectivity index (χ0v) is 11.9. The number of hydrogen-bond donors (Lipinski definition) is 1. The first-order chi connectivity index (χ1) is 8.21. The van der Waals surface area contributed by atoms with Gasteiger partial charge in [0.2, 0.25) is 0 Å². The van der Waals surface area contributed by atoms with Gasteiger partial charge in [-0.25, -0.2) is 9.59 Å². The molecule has 1 rings (SSSR count). The van der Waals surface area contributed by atoms with Crippen molar-refractivity contribution < 1.29 is 14.7 Å². The number of nitrogens with zero attached hydrogens (tertiary/aromatic N) is 2. The molecule has 0 aromatic heterocycles. The van der Waals surface area contributed by atoms with Crippen molar-refractivity contribution in [1.82, 2.24) is 9.80 Å². The predicted octanol–water partition coefficient (Wildman–Crippen LogP) is 2.02. The fourth-order valence-corrected chi connectivity index (χ4v) is 2.30. The molecule has 0 aliphatic carbocycles. The van der Waals surface area contributed by atoms with Gasteiger partial charge in [-0.2, -0.15) is 0 Å². The van der Waals surface area contributed by atoms with E-state index < -0.39 is 11.5 Å². The minimum atomic E-state index is -1.05. The van der Waals surface area contributed by atoms with Crippen molar-refractivity contribution in [3.63, 3.8) is 0 Å². The monoisotopic (exact) mass is 256 g/mol. The van der Waals surface area contributed by atoms with E-state index in [9.17, 15) is 14.7 Å². The third-order valence-corrected chi connectivity index (χ3v) is 4.21. The fourth-order valence-electron chi connectivity index (χ4n) is 2.30. The van der Waals surface area contributed by atoms with E-state index in [1.54, 1.807) is 18.9 Å². The molecule has 0 saturated carbocycles. The van der Waals surface area contributed by atoms with Crippen LogP contribution in [-0.4, -0.2) is 52.1 Å². The number of carboxylic acids is 1. The van der Waals surface area contributed by atoms with Gasteiger partial charge in [0.1, 0.15) is 5.54 Å². The predicted molar refractivity (Wildman–Crippen MR) is 69.4 cm³/mol. The molecule has 5 heteroatoms. The van der Waals surface area contributed by atoms with Crippen LogP contribution in [-0.2, 0) is 4.79 Å². The van der Waals surface area contributed by atoms with Crippen LogP contribution in [0.5, 0.6) is 0 Å². The maximum atomic E-state index is 12.4. The summed E-state index contributed by atoms with van der Waals surface area (Å²) in [5.41, 5.74) is -1.05. The smallest absolute Gasteiger partial charge is 0.329 e. The third kappa shape index (κ3) is 2.44. The highest BCUT2D eigenvalue weighted by molar-refractivity contribution is 5.86. The Hall–Kier alpha value is -1.26. The molecule has 2 atom stereocenters. The second kappa shape index (κ2) is 5.16. The third-order valence-electron chi connectivity index (χ3n) is 4.21. The van der Waals surface area contributed by atoms with Gasteiger partial charge in [0.25, 0.3) is 0 Å². The van der Waals surface area contributed by atoms with Crippen molar-refractivity contribution in [3.8, 4) is 0 Å². The van der Waals surface area contributed by atoms with E-state index >= 15 is 0 Å². The summed E-state index contributed by atoms with van der Waals surface area (Å²) in [4.78, 5) is 26.9. The van der Waals surface area contributed by atoms with Crippen LogP contribution in [0.1, 0.15) is 40.5 Å². The van der Waals surface area contributed by atoms with Crippen molar-refractivity contribution in [2.45, 2.75) is 52.1 Å². The topological polar surface area (TPSA) is 60.9 Å². The summed E-state index contributed by atoms with van der Waals surface area (Å²) in [6.07, 6.45) is 1.27. The Labute approximate surface area is 109 Å². The average molecular weight is 256 g/mol. The number of hydrogen-bond acceptors (Lipinski definition) is 2. The van der Waals surface area contributed by atoms with Gasteiger partial charge < -0.3 is 14.9 Å². The molecule has 2 amide bonds. The van der Waals surface area contributed by atoms with E-state index in [1.807, 2.05) is 6.92 Å². The van der Waals surface area contributed by atoms with E-state index in [2.05, 4.69) is 13.8 Å². The van der Waals surface area contributed by atoms with E-state index in [-0.39, 0.29) is 12.1 Å². The number of aliphatic carboxylic acids is 1. The first-order valence-corrected chi connectivity index (χ1v) is 6.49. The first-order valence-electron chi connectivity index (χ1n) is 6.49. The summed E-state index contributed by atoms with van der Waals surface area (Å²) in [6.45, 7) is 8.24. The van der Waals surface area contributed by atoms with E-state index in [0.29, 0.717) is 18.9 Å². The average Bonchev–Trinajstić information content (AvgIpc) is 2.69. The van der Waals surface area contributed by atoms with Crippen LogP contribution in [0.3, 0.4) is 0 Å². The lowest BCUT2D eigenvalue weighted by atomic mass is 9.99. The molecule has 0 aromatic carbocycles. The van der Waals surface area contributed by atoms with Crippen LogP contribution >= 0.6 is 0 Å². The van der Waals surface area contributed by atoms with Gasteiger partial charge >= 0.3 is 12.0 Å². The van der Waals surface area contributed by atoms with Crippen molar-refractivity contribution in [2.24, 2.45) is 5.92 Å². The summed E-state index contributed by atoms with van der Waals surface area (Å²) < 4.78 is 0. The van der Waals surface area contributed by atoms with Crippen LogP contribution in [0, 0.1) is 5.92 Å². The molecule has 104 valence electrons. The number of carbonyl (C=O) groups is 2. The molecule has 18 heavy (non-hydrogen) atoms. The number of carbonyl (C=O) groups excluding carboxylic acids is 1. The largest absolute Gasteiger partial charge is 0.480 e. The van der Waals surface area contributed by atoms with Crippen molar-refractivity contribution in [2.75, 3.05) is 13.6 Å². The highest BCUT2D eigenvalue weighted by Crippen LogP contribution is 2.30. The molecule has 1 N–H and O–H groups in total. The molecule has 0 aromatic rings. The van der Waals surface area contributed by atoms with Crippen LogP contribution in [0.2, 0.25) is 0 Å². The van der Waals surface area contributed by atoms with Crippen molar-refractivity contribution >= 4 is 12.0 Å². The van der Waals surface area contributed by atoms with E-state index in [1.165, 1.54) is 4.90 Å². The molecule has 0 radical (unpaired) electrons. The maximum Gasteiger partial charge on any atom is 0.329 e. The Morgan fingerprint density at radius 3 is 2.33 bits per heavy atom. The zero-order chi connectivity index (χ0) is 14.1. The maximum absolute atomic E-state index is 12.4. The number of amides is 2. The second-order valence-electron chi connectivity index (χ2n) is 5.71. The Bertz CT molecular complexity index is 343. The van der Waals surface area contributed by atoms with Crippen LogP contribution < -0.4 is 0 Å². The first kappa shape index (κ1) is 14.8. The molecule has 1 aliphatic rings. The van der Waals surface area contributed by atoms with Crippen molar-refractivity contribution in [1.29, 1.82) is 0 Å². The van der Waals surface area contributed by atoms with Crippen LogP contribution in [0.25, 0.3) is 0 Å². The SMILES string of the molecule is CC(C)C(C)N(C)C(=O)N1CCCC1(C)C(=O)O. The minimum Gasteiger partial charge on any atom is -0.480 e. The van der Waals surface area contributed by atoms with Gasteiger partial charge in [-0.05, 0) is 32.6 Å². The molecule has 1 aliphatic heterocycles. The molecule has 1 fully saturated rings. The lowest BCUT2D eigenvalue weighted by Gasteiger charge is -2.37. The molecule has 1 heterocycles. The van der Waals surface area contributed by atoms with Gasteiger partial charge in [-0.3, -0.25) is 0 Å². The highest BCUT2D eigenvalue weighted by Gasteiger charge is 2.47. The summed E-state index contributed by atoms with van der Waals surface area (Å²) >= 11 is 0. The molecule has 0 bridgehead atoms. The van der Waals surface area contributed by atoms with Crippen molar-refractivity contribution in [3.05, 3.63) is 0 Å². The van der Waals surface area contributed by atoms with Crippen LogP contribution in [0.4, 0.5) is 4.79 Å². The van der Waals surface area contributed by atoms with Gasteiger partial charge in [-0.1, -0.05) is 13.8 Å². The number of rotatable bonds is 3. The standard InChI is InChI=1S/C13H24N2O3/c1-9(2)10(3)14(5)12(18)15-8-6-7-13(15,4)11(16)17/h9-10H,6-8H2,1-5H3,(H,16,17). The van der Waals surface area contributed by atoms with Gasteiger partial charge in [0.15, 0.2) is 0 Å². The lowest BCUT2D eigenvalue weighted by molar-refractivity contribution is -0.147. The summed E-state index contributed by atoms with van der Waals surface area (Å²) in [5, 5.41) is 9.31. The molecular formula is C13H24N2O3. The minimum absolute atomic E-state index is 0.0937. The van der Waals surface area contributed by atoms with Gasteiger partial charge in [0.05, 0.1) is 0 Å². The fraction of sp³-hybridized carbons (Fsp3) is 0.846. The molecule has 0 spiro atoms. The molecule has 2 unspecified atom stereocenters. The number of carboxylic acid groups (broad SMARTS) is 1. The molecule has 5 nitrogen and oxygen atoms in total. The number of urea groups is 1. The van der Waals surface area contributed by atoms with Gasteiger partial charge in [0, 0.05) is 19.6 Å². The Morgan fingerprint density at radius 2 is 1.89 bits per heavy atom. The Morgan fingerprint density at radius 1 is 1.33 bits per heavy atom. The van der Waals surface area contributed by atoms with E-state index in [4.69, 9.17) is 0 Å². The normalized spacial score (nSPS) is 25.3. The quantitative estimate of drug-likeness (QED) is 0.840. The number of likely N-dealkylation sites (tertiary alicyclic amines) is 1. The second-order valence-corrected chi connectivity index (χ2v) is 5.71. The zero-order valence-electron chi connectivity index (χ0n) is 11.9. The molecular weight excluding hydrogens is 232 g/mol. The highest BCUT2D eigenvalue weighted by atomic mass is 16.4. The van der Waals surface area contributed by atoms with Gasteiger partial charge in [-0.15, -0.1) is 0 Å². The summed E-state index contributed by atoms with van der Waals surface area (Å²) in [5.74, 6) is -0.573.